The van der Waals surface area contributed by atoms with Gasteiger partial charge in [-0.1, -0.05) is 11.6 Å². The summed E-state index contributed by atoms with van der Waals surface area (Å²) in [7, 11) is 0. The Morgan fingerprint density at radius 2 is 2.22 bits per heavy atom. The van der Waals surface area contributed by atoms with Gasteiger partial charge in [-0.15, -0.1) is 11.3 Å². The molecule has 0 radical (unpaired) electrons. The fourth-order valence-corrected chi connectivity index (χ4v) is 4.42. The number of halogens is 1. The number of rotatable bonds is 2. The zero-order valence-corrected chi connectivity index (χ0v) is 11.9. The monoisotopic (exact) mass is 287 g/mol. The lowest BCUT2D eigenvalue weighted by Gasteiger charge is -2.44. The second-order valence-corrected chi connectivity index (χ2v) is 6.81. The first-order chi connectivity index (χ1) is 8.73. The molecule has 0 amide bonds. The van der Waals surface area contributed by atoms with Crippen LogP contribution in [0, 0.1) is 0 Å². The van der Waals surface area contributed by atoms with E-state index < -0.39 is 0 Å². The summed E-state index contributed by atoms with van der Waals surface area (Å²) >= 11 is 7.85. The molecule has 18 heavy (non-hydrogen) atoms. The third kappa shape index (κ3) is 2.21. The van der Waals surface area contributed by atoms with Crippen LogP contribution in [0.25, 0.3) is 0 Å². The van der Waals surface area contributed by atoms with E-state index in [1.807, 2.05) is 0 Å². The number of β-amino-alcohol motifs (C(OH)–C–C–N with tert-alkyl or cyclic N) is 1. The van der Waals surface area contributed by atoms with Gasteiger partial charge in [0.05, 0.1) is 23.2 Å². The highest BCUT2D eigenvalue weighted by Crippen LogP contribution is 2.45. The maximum Gasteiger partial charge on any atom is 0.0967 e. The first kappa shape index (κ1) is 12.9. The van der Waals surface area contributed by atoms with Gasteiger partial charge in [-0.3, -0.25) is 0 Å². The van der Waals surface area contributed by atoms with Crippen molar-refractivity contribution in [3.8, 4) is 0 Å². The average Bonchev–Trinajstić information content (AvgIpc) is 2.75. The second kappa shape index (κ2) is 5.10. The highest BCUT2D eigenvalue weighted by molar-refractivity contribution is 7.16. The molecule has 1 N–H and O–H groups in total. The number of nitrogens with zero attached hydrogens (tertiary/aromatic N) is 1. The van der Waals surface area contributed by atoms with Gasteiger partial charge in [0.15, 0.2) is 0 Å². The summed E-state index contributed by atoms with van der Waals surface area (Å²) in [6, 6.07) is 2.10. The molecule has 5 heteroatoms. The SMILES string of the molecule is OCCN1CCC2(CC1)OCCc1sc(Cl)cc12. The third-order valence-electron chi connectivity index (χ3n) is 4.06. The highest BCUT2D eigenvalue weighted by atomic mass is 35.5. The smallest absolute Gasteiger partial charge is 0.0967 e. The number of fused-ring (bicyclic) bond motifs is 2. The molecule has 2 aliphatic heterocycles. The van der Waals surface area contributed by atoms with Crippen molar-refractivity contribution in [2.45, 2.75) is 24.9 Å². The lowest BCUT2D eigenvalue weighted by Crippen LogP contribution is -2.46. The van der Waals surface area contributed by atoms with Crippen LogP contribution in [-0.2, 0) is 16.8 Å². The van der Waals surface area contributed by atoms with E-state index >= 15 is 0 Å². The van der Waals surface area contributed by atoms with E-state index in [1.54, 1.807) is 11.3 Å². The Morgan fingerprint density at radius 1 is 1.44 bits per heavy atom. The average molecular weight is 288 g/mol. The minimum Gasteiger partial charge on any atom is -0.395 e. The zero-order chi connectivity index (χ0) is 12.6. The maximum atomic E-state index is 8.99. The van der Waals surface area contributed by atoms with E-state index in [0.717, 1.165) is 49.8 Å². The molecular formula is C13H18ClNO2S. The predicted octanol–water partition coefficient (Wildman–Crippen LogP) is 2.26. The minimum atomic E-state index is -0.108. The van der Waals surface area contributed by atoms with Gasteiger partial charge in [0.25, 0.3) is 0 Å². The highest BCUT2D eigenvalue weighted by Gasteiger charge is 2.41. The van der Waals surface area contributed by atoms with E-state index in [4.69, 9.17) is 21.4 Å². The number of ether oxygens (including phenoxy) is 1. The maximum absolute atomic E-state index is 8.99. The molecule has 0 bridgehead atoms. The Morgan fingerprint density at radius 3 is 2.94 bits per heavy atom. The number of thiophene rings is 1. The summed E-state index contributed by atoms with van der Waals surface area (Å²) in [5.41, 5.74) is 1.22. The van der Waals surface area contributed by atoms with Crippen molar-refractivity contribution in [3.63, 3.8) is 0 Å². The Hall–Kier alpha value is -0.130. The Kier molecular flexibility index (Phi) is 3.65. The van der Waals surface area contributed by atoms with E-state index in [9.17, 15) is 0 Å². The molecule has 3 nitrogen and oxygen atoms in total. The number of hydrogen-bond acceptors (Lipinski definition) is 4. The van der Waals surface area contributed by atoms with Gasteiger partial charge in [0, 0.05) is 30.9 Å². The largest absolute Gasteiger partial charge is 0.395 e. The molecule has 3 rings (SSSR count). The number of piperidine rings is 1. The zero-order valence-electron chi connectivity index (χ0n) is 10.3. The van der Waals surface area contributed by atoms with Crippen LogP contribution in [0.1, 0.15) is 23.3 Å². The van der Waals surface area contributed by atoms with Gasteiger partial charge in [-0.05, 0) is 24.5 Å². The van der Waals surface area contributed by atoms with Crippen LogP contribution < -0.4 is 0 Å². The second-order valence-electron chi connectivity index (χ2n) is 5.05. The molecule has 0 unspecified atom stereocenters. The molecule has 0 aliphatic carbocycles. The third-order valence-corrected chi connectivity index (χ3v) is 5.38. The topological polar surface area (TPSA) is 32.7 Å². The molecule has 1 aromatic rings. The first-order valence-corrected chi connectivity index (χ1v) is 7.69. The predicted molar refractivity (Wildman–Crippen MR) is 73.4 cm³/mol. The van der Waals surface area contributed by atoms with Crippen molar-refractivity contribution < 1.29 is 9.84 Å². The molecule has 2 aliphatic rings. The summed E-state index contributed by atoms with van der Waals surface area (Å²) < 4.78 is 7.01. The van der Waals surface area contributed by atoms with Crippen molar-refractivity contribution in [3.05, 3.63) is 20.8 Å². The van der Waals surface area contributed by atoms with E-state index in [2.05, 4.69) is 11.0 Å². The van der Waals surface area contributed by atoms with Crippen molar-refractivity contribution >= 4 is 22.9 Å². The van der Waals surface area contributed by atoms with Gasteiger partial charge < -0.3 is 14.7 Å². The molecule has 1 saturated heterocycles. The summed E-state index contributed by atoms with van der Waals surface area (Å²) in [5.74, 6) is 0. The first-order valence-electron chi connectivity index (χ1n) is 6.49. The standard InChI is InChI=1S/C13H18ClNO2S/c14-12-9-10-11(18-12)1-8-17-13(10)2-4-15(5-3-13)6-7-16/h9,16H,1-8H2. The van der Waals surface area contributed by atoms with E-state index in [0.29, 0.717) is 0 Å². The van der Waals surface area contributed by atoms with Gasteiger partial charge in [0.2, 0.25) is 0 Å². The lowest BCUT2D eigenvalue weighted by atomic mass is 9.82. The van der Waals surface area contributed by atoms with Crippen LogP contribution in [0.15, 0.2) is 6.07 Å². The van der Waals surface area contributed by atoms with Crippen molar-refractivity contribution in [2.24, 2.45) is 0 Å². The number of aliphatic hydroxyl groups is 1. The molecule has 0 aromatic carbocycles. The van der Waals surface area contributed by atoms with E-state index in [-0.39, 0.29) is 12.2 Å². The molecule has 3 heterocycles. The van der Waals surface area contributed by atoms with Crippen LogP contribution >= 0.6 is 22.9 Å². The molecular weight excluding hydrogens is 270 g/mol. The van der Waals surface area contributed by atoms with Crippen molar-refractivity contribution in [1.82, 2.24) is 4.90 Å². The molecule has 1 spiro atoms. The fourth-order valence-electron chi connectivity index (χ4n) is 3.08. The number of likely N-dealkylation sites (tertiary alicyclic amines) is 1. The fraction of sp³-hybridized carbons (Fsp3) is 0.692. The summed E-state index contributed by atoms with van der Waals surface area (Å²) in [6.07, 6.45) is 3.01. The Balaban J connectivity index is 1.81. The van der Waals surface area contributed by atoms with Gasteiger partial charge in [0.1, 0.15) is 0 Å². The summed E-state index contributed by atoms with van der Waals surface area (Å²) in [5, 5.41) is 8.99. The van der Waals surface area contributed by atoms with Crippen LogP contribution in [0.5, 0.6) is 0 Å². The van der Waals surface area contributed by atoms with Crippen molar-refractivity contribution in [1.29, 1.82) is 0 Å². The normalized spacial score (nSPS) is 23.2. The van der Waals surface area contributed by atoms with Crippen LogP contribution in [-0.4, -0.2) is 42.9 Å². The summed E-state index contributed by atoms with van der Waals surface area (Å²) in [6.45, 7) is 3.81. The van der Waals surface area contributed by atoms with Crippen molar-refractivity contribution in [2.75, 3.05) is 32.8 Å². The lowest BCUT2D eigenvalue weighted by molar-refractivity contribution is -0.0979. The summed E-state index contributed by atoms with van der Waals surface area (Å²) in [4.78, 5) is 3.71. The van der Waals surface area contributed by atoms with E-state index in [1.165, 1.54) is 10.4 Å². The minimum absolute atomic E-state index is 0.108. The molecule has 0 saturated carbocycles. The van der Waals surface area contributed by atoms with Crippen LogP contribution in [0.2, 0.25) is 4.34 Å². The van der Waals surface area contributed by atoms with Gasteiger partial charge in [-0.2, -0.15) is 0 Å². The number of hydrogen-bond donors (Lipinski definition) is 1. The molecule has 100 valence electrons. The quantitative estimate of drug-likeness (QED) is 0.906. The van der Waals surface area contributed by atoms with Gasteiger partial charge in [-0.25, -0.2) is 0 Å². The Labute approximate surface area is 116 Å². The molecule has 1 fully saturated rings. The Bertz CT molecular complexity index is 427. The number of aliphatic hydroxyl groups excluding tert-OH is 1. The molecule has 0 atom stereocenters. The van der Waals surface area contributed by atoms with Crippen LogP contribution in [0.4, 0.5) is 0 Å². The van der Waals surface area contributed by atoms with Gasteiger partial charge >= 0.3 is 0 Å². The van der Waals surface area contributed by atoms with Crippen LogP contribution in [0.3, 0.4) is 0 Å². The molecule has 1 aromatic heterocycles.